The molecule has 0 unspecified atom stereocenters. The van der Waals surface area contributed by atoms with Crippen LogP contribution in [0.2, 0.25) is 0 Å². The first-order valence-electron chi connectivity index (χ1n) is 3.90. The largest absolute Gasteiger partial charge is 0.329 e. The first kappa shape index (κ1) is 12.5. The van der Waals surface area contributed by atoms with Crippen molar-refractivity contribution in [2.45, 2.75) is 10.5 Å². The highest BCUT2D eigenvalue weighted by atomic mass is 33.1. The summed E-state index contributed by atoms with van der Waals surface area (Å²) in [6.45, 7) is 2.43. The highest BCUT2D eigenvalue weighted by Gasteiger charge is 2.10. The zero-order valence-electron chi connectivity index (χ0n) is 7.11. The molecule has 0 saturated carbocycles. The molecule has 0 amide bonds. The van der Waals surface area contributed by atoms with E-state index in [1.807, 2.05) is 0 Å². The molecule has 0 radical (unpaired) electrons. The number of nitrogens with two attached hydrogens (primary N) is 4. The number of rotatable bonds is 7. The molecule has 74 valence electrons. The Morgan fingerprint density at radius 3 is 1.08 bits per heavy atom. The van der Waals surface area contributed by atoms with E-state index in [2.05, 4.69) is 0 Å². The average molecular weight is 210 g/mol. The molecular formula is C6H18N4S2. The SMILES string of the molecule is NCC(CN)SSC(CN)CN. The number of hydrogen-bond donors (Lipinski definition) is 4. The van der Waals surface area contributed by atoms with Gasteiger partial charge in [0.25, 0.3) is 0 Å². The third kappa shape index (κ3) is 5.23. The molecule has 0 atom stereocenters. The highest BCUT2D eigenvalue weighted by molar-refractivity contribution is 8.77. The topological polar surface area (TPSA) is 104 Å². The molecule has 0 saturated heterocycles. The standard InChI is InChI=1S/C6H18N4S2/c7-1-5(2-8)11-12-6(3-9)4-10/h5-6H,1-4,7-10H2. The Labute approximate surface area is 81.6 Å². The van der Waals surface area contributed by atoms with Gasteiger partial charge in [-0.2, -0.15) is 0 Å². The van der Waals surface area contributed by atoms with Crippen molar-refractivity contribution in [2.75, 3.05) is 26.2 Å². The van der Waals surface area contributed by atoms with E-state index in [1.165, 1.54) is 0 Å². The molecule has 0 aliphatic carbocycles. The van der Waals surface area contributed by atoms with Crippen LogP contribution >= 0.6 is 21.6 Å². The van der Waals surface area contributed by atoms with E-state index in [4.69, 9.17) is 22.9 Å². The van der Waals surface area contributed by atoms with Crippen LogP contribution in [0, 0.1) is 0 Å². The normalized spacial score (nSPS) is 11.5. The summed E-state index contributed by atoms with van der Waals surface area (Å²) in [6, 6.07) is 0. The van der Waals surface area contributed by atoms with E-state index in [0.717, 1.165) is 0 Å². The van der Waals surface area contributed by atoms with Crippen LogP contribution in [0.25, 0.3) is 0 Å². The highest BCUT2D eigenvalue weighted by Crippen LogP contribution is 2.29. The fourth-order valence-electron chi connectivity index (χ4n) is 0.507. The van der Waals surface area contributed by atoms with Gasteiger partial charge in [0.2, 0.25) is 0 Å². The van der Waals surface area contributed by atoms with Gasteiger partial charge >= 0.3 is 0 Å². The summed E-state index contributed by atoms with van der Waals surface area (Å²) in [5, 5.41) is 0.631. The summed E-state index contributed by atoms with van der Waals surface area (Å²) >= 11 is 0. The molecule has 0 aromatic carbocycles. The van der Waals surface area contributed by atoms with Crippen LogP contribution < -0.4 is 22.9 Å². The molecule has 0 fully saturated rings. The second-order valence-corrected chi connectivity index (χ2v) is 5.25. The molecule has 0 aromatic rings. The van der Waals surface area contributed by atoms with Crippen molar-refractivity contribution in [1.29, 1.82) is 0 Å². The molecule has 0 aliphatic heterocycles. The lowest BCUT2D eigenvalue weighted by Gasteiger charge is -2.15. The third-order valence-electron chi connectivity index (χ3n) is 1.38. The van der Waals surface area contributed by atoms with Gasteiger partial charge in [-0.25, -0.2) is 0 Å². The Morgan fingerprint density at radius 2 is 0.917 bits per heavy atom. The summed E-state index contributed by atoms with van der Waals surface area (Å²) in [6.07, 6.45) is 0. The zero-order valence-corrected chi connectivity index (χ0v) is 8.74. The average Bonchev–Trinajstić information content (AvgIpc) is 2.13. The Balaban J connectivity index is 3.49. The first-order valence-corrected chi connectivity index (χ1v) is 6.18. The van der Waals surface area contributed by atoms with Crippen molar-refractivity contribution in [3.05, 3.63) is 0 Å². The fraction of sp³-hybridized carbons (Fsp3) is 1.00. The van der Waals surface area contributed by atoms with Gasteiger partial charge in [0.05, 0.1) is 0 Å². The Hall–Kier alpha value is 0.540. The third-order valence-corrected chi connectivity index (χ3v) is 4.77. The summed E-state index contributed by atoms with van der Waals surface area (Å²) < 4.78 is 0. The molecule has 12 heavy (non-hydrogen) atoms. The second-order valence-electron chi connectivity index (χ2n) is 2.38. The Morgan fingerprint density at radius 1 is 0.667 bits per heavy atom. The van der Waals surface area contributed by atoms with Gasteiger partial charge in [-0.15, -0.1) is 0 Å². The van der Waals surface area contributed by atoms with Crippen molar-refractivity contribution < 1.29 is 0 Å². The molecule has 0 spiro atoms. The van der Waals surface area contributed by atoms with Gasteiger partial charge in [0, 0.05) is 36.7 Å². The van der Waals surface area contributed by atoms with Crippen molar-refractivity contribution in [1.82, 2.24) is 0 Å². The van der Waals surface area contributed by atoms with Crippen LogP contribution in [-0.4, -0.2) is 36.7 Å². The molecule has 4 nitrogen and oxygen atoms in total. The van der Waals surface area contributed by atoms with Gasteiger partial charge in [0.15, 0.2) is 0 Å². The van der Waals surface area contributed by atoms with Gasteiger partial charge in [-0.3, -0.25) is 0 Å². The monoisotopic (exact) mass is 210 g/mol. The smallest absolute Gasteiger partial charge is 0.0396 e. The number of hydrogen-bond acceptors (Lipinski definition) is 6. The quantitative estimate of drug-likeness (QED) is 0.399. The summed E-state index contributed by atoms with van der Waals surface area (Å²) in [5.74, 6) is 0. The molecule has 0 heterocycles. The predicted molar refractivity (Wildman–Crippen MR) is 59.0 cm³/mol. The lowest BCUT2D eigenvalue weighted by atomic mass is 10.4. The van der Waals surface area contributed by atoms with E-state index in [-0.39, 0.29) is 0 Å². The van der Waals surface area contributed by atoms with Crippen LogP contribution in [0.4, 0.5) is 0 Å². The molecule has 0 aromatic heterocycles. The predicted octanol–water partition coefficient (Wildman–Crippen LogP) is -1.06. The molecule has 8 N–H and O–H groups in total. The van der Waals surface area contributed by atoms with Crippen LogP contribution in [0.5, 0.6) is 0 Å². The first-order chi connectivity index (χ1) is 5.78. The minimum atomic E-state index is 0.315. The lowest BCUT2D eigenvalue weighted by molar-refractivity contribution is 0.861. The van der Waals surface area contributed by atoms with Gasteiger partial charge in [0.1, 0.15) is 0 Å². The summed E-state index contributed by atoms with van der Waals surface area (Å²) in [4.78, 5) is 0. The van der Waals surface area contributed by atoms with Crippen molar-refractivity contribution >= 4 is 21.6 Å². The Bertz CT molecular complexity index is 83.5. The van der Waals surface area contributed by atoms with Gasteiger partial charge in [-0.1, -0.05) is 21.6 Å². The molecule has 0 aliphatic rings. The van der Waals surface area contributed by atoms with Crippen molar-refractivity contribution in [3.8, 4) is 0 Å². The van der Waals surface area contributed by atoms with Crippen LogP contribution in [-0.2, 0) is 0 Å². The van der Waals surface area contributed by atoms with E-state index < -0.39 is 0 Å². The van der Waals surface area contributed by atoms with E-state index in [1.54, 1.807) is 21.6 Å². The van der Waals surface area contributed by atoms with Crippen molar-refractivity contribution in [3.63, 3.8) is 0 Å². The molecular weight excluding hydrogens is 192 g/mol. The van der Waals surface area contributed by atoms with Crippen molar-refractivity contribution in [2.24, 2.45) is 22.9 Å². The maximum absolute atomic E-state index is 5.48. The van der Waals surface area contributed by atoms with E-state index in [9.17, 15) is 0 Å². The fourth-order valence-corrected chi connectivity index (χ4v) is 3.02. The van der Waals surface area contributed by atoms with Crippen LogP contribution in [0.3, 0.4) is 0 Å². The van der Waals surface area contributed by atoms with Gasteiger partial charge < -0.3 is 22.9 Å². The molecule has 0 bridgehead atoms. The molecule has 0 rings (SSSR count). The van der Waals surface area contributed by atoms with E-state index in [0.29, 0.717) is 36.7 Å². The minimum Gasteiger partial charge on any atom is -0.329 e. The lowest BCUT2D eigenvalue weighted by Crippen LogP contribution is -2.28. The maximum atomic E-state index is 5.48. The minimum absolute atomic E-state index is 0.315. The van der Waals surface area contributed by atoms with Gasteiger partial charge in [-0.05, 0) is 0 Å². The molecule has 6 heteroatoms. The zero-order chi connectivity index (χ0) is 9.40. The van der Waals surface area contributed by atoms with Crippen LogP contribution in [0.1, 0.15) is 0 Å². The van der Waals surface area contributed by atoms with E-state index >= 15 is 0 Å². The van der Waals surface area contributed by atoms with Crippen LogP contribution in [0.15, 0.2) is 0 Å². The Kier molecular flexibility index (Phi) is 8.52. The maximum Gasteiger partial charge on any atom is 0.0396 e. The summed E-state index contributed by atoms with van der Waals surface area (Å²) in [5.41, 5.74) is 21.9. The summed E-state index contributed by atoms with van der Waals surface area (Å²) in [7, 11) is 3.37. The second kappa shape index (κ2) is 8.15.